The van der Waals surface area contributed by atoms with Gasteiger partial charge in [0.1, 0.15) is 0 Å². The van der Waals surface area contributed by atoms with Crippen molar-refractivity contribution in [2.75, 3.05) is 0 Å². The highest BCUT2D eigenvalue weighted by Crippen LogP contribution is 2.28. The number of hydrogen-bond donors (Lipinski definition) is 0. The van der Waals surface area contributed by atoms with Gasteiger partial charge in [0.25, 0.3) is 0 Å². The summed E-state index contributed by atoms with van der Waals surface area (Å²) in [5.41, 5.74) is 9.29. The summed E-state index contributed by atoms with van der Waals surface area (Å²) in [6, 6.07) is 14.9. The molecule has 3 aliphatic heterocycles. The Morgan fingerprint density at radius 3 is 1.00 bits per heavy atom. The van der Waals surface area contributed by atoms with Crippen molar-refractivity contribution in [2.45, 2.75) is 87.2 Å². The molecule has 0 unspecified atom stereocenters. The van der Waals surface area contributed by atoms with Crippen molar-refractivity contribution in [2.24, 2.45) is 0 Å². The number of fused-ring (bicyclic) bond motifs is 13. The van der Waals surface area contributed by atoms with E-state index in [9.17, 15) is 0 Å². The van der Waals surface area contributed by atoms with E-state index in [-0.39, 0.29) is 0 Å². The summed E-state index contributed by atoms with van der Waals surface area (Å²) in [4.78, 5) is 0. The molecule has 2 aromatic carbocycles. The molecule has 0 radical (unpaired) electrons. The SMILES string of the molecule is c1c2cc3cc1CSCc1cc(cc(c1)CSC3)CCCCCCCCCC2. The van der Waals surface area contributed by atoms with Gasteiger partial charge in [-0.05, 0) is 59.1 Å². The molecule has 0 spiro atoms. The minimum absolute atomic E-state index is 1.14. The van der Waals surface area contributed by atoms with Gasteiger partial charge in [0.05, 0.1) is 0 Å². The molecule has 0 aliphatic carbocycles. The highest BCUT2D eigenvalue weighted by Gasteiger charge is 2.08. The minimum Gasteiger partial charge on any atom is -0.152 e. The molecule has 0 saturated carbocycles. The fourth-order valence-corrected chi connectivity index (χ4v) is 6.41. The Morgan fingerprint density at radius 1 is 0.357 bits per heavy atom. The highest BCUT2D eigenvalue weighted by molar-refractivity contribution is 7.98. The van der Waals surface area contributed by atoms with Crippen LogP contribution in [-0.2, 0) is 35.9 Å². The molecule has 3 heterocycles. The van der Waals surface area contributed by atoms with Crippen LogP contribution < -0.4 is 0 Å². The second kappa shape index (κ2) is 10.8. The Hall–Kier alpha value is -0.860. The van der Waals surface area contributed by atoms with Gasteiger partial charge in [-0.25, -0.2) is 0 Å². The molecule has 6 bridgehead atoms. The first-order chi connectivity index (χ1) is 13.8. The molecule has 0 amide bonds. The predicted molar refractivity (Wildman–Crippen MR) is 127 cm³/mol. The molecule has 2 heteroatoms. The fraction of sp³-hybridized carbons (Fsp3) is 0.538. The van der Waals surface area contributed by atoms with Crippen molar-refractivity contribution in [3.63, 3.8) is 0 Å². The second-order valence-corrected chi connectivity index (χ2v) is 10.6. The zero-order chi connectivity index (χ0) is 19.0. The van der Waals surface area contributed by atoms with Crippen LogP contribution in [0.15, 0.2) is 36.4 Å². The second-order valence-electron chi connectivity index (χ2n) is 8.63. The summed E-state index contributed by atoms with van der Waals surface area (Å²) in [6.45, 7) is 0. The van der Waals surface area contributed by atoms with Gasteiger partial charge >= 0.3 is 0 Å². The lowest BCUT2D eigenvalue weighted by molar-refractivity contribution is 0.567. The molecule has 0 saturated heterocycles. The molecule has 3 aliphatic rings. The van der Waals surface area contributed by atoms with Crippen LogP contribution in [-0.4, -0.2) is 0 Å². The van der Waals surface area contributed by atoms with Crippen LogP contribution in [0.3, 0.4) is 0 Å². The Kier molecular flexibility index (Phi) is 7.86. The van der Waals surface area contributed by atoms with Gasteiger partial charge in [0, 0.05) is 23.0 Å². The van der Waals surface area contributed by atoms with E-state index in [0.717, 1.165) is 23.0 Å². The third-order valence-corrected chi connectivity index (χ3v) is 8.13. The molecule has 0 atom stereocenters. The largest absolute Gasteiger partial charge is 0.152 e. The van der Waals surface area contributed by atoms with Crippen molar-refractivity contribution in [1.29, 1.82) is 0 Å². The molecule has 0 aromatic heterocycles. The highest BCUT2D eigenvalue weighted by atomic mass is 32.2. The first kappa shape index (κ1) is 20.4. The lowest BCUT2D eigenvalue weighted by Crippen LogP contribution is -1.97. The van der Waals surface area contributed by atoms with Gasteiger partial charge in [0.2, 0.25) is 0 Å². The van der Waals surface area contributed by atoms with Gasteiger partial charge in [-0.2, -0.15) is 23.5 Å². The van der Waals surface area contributed by atoms with Crippen LogP contribution in [0.1, 0.15) is 84.7 Å². The Balaban J connectivity index is 1.58. The standard InChI is InChI=1S/C26H34S2/c1-2-4-6-8-10-22-13-25-16-26(14-22)20-28-18-24-12-21(9-7-5-3-1)11-23(15-24)17-27-19-25/h11-16H,1-10,17-20H2. The average Bonchev–Trinajstić information content (AvgIpc) is 2.68. The number of hydrogen-bond acceptors (Lipinski definition) is 2. The van der Waals surface area contributed by atoms with Gasteiger partial charge in [-0.3, -0.25) is 0 Å². The number of aryl methyl sites for hydroxylation is 2. The maximum atomic E-state index is 2.49. The van der Waals surface area contributed by atoms with Crippen molar-refractivity contribution < 1.29 is 0 Å². The fourth-order valence-electron chi connectivity index (χ4n) is 4.59. The Labute approximate surface area is 180 Å². The van der Waals surface area contributed by atoms with Crippen molar-refractivity contribution in [3.05, 3.63) is 69.8 Å². The minimum atomic E-state index is 1.14. The number of rotatable bonds is 0. The Bertz CT molecular complexity index is 655. The van der Waals surface area contributed by atoms with Crippen molar-refractivity contribution >= 4 is 23.5 Å². The zero-order valence-corrected chi connectivity index (χ0v) is 18.8. The maximum Gasteiger partial charge on any atom is 0.0188 e. The third kappa shape index (κ3) is 6.32. The summed E-state index contributed by atoms with van der Waals surface area (Å²) in [5.74, 6) is 4.58. The van der Waals surface area contributed by atoms with Crippen LogP contribution in [0.4, 0.5) is 0 Å². The van der Waals surface area contributed by atoms with Crippen LogP contribution in [0.2, 0.25) is 0 Å². The van der Waals surface area contributed by atoms with E-state index in [1.807, 2.05) is 0 Å². The number of benzene rings is 2. The number of thioether (sulfide) groups is 2. The molecule has 0 N–H and O–H groups in total. The summed E-state index contributed by atoms with van der Waals surface area (Å²) in [5, 5.41) is 0. The molecular weight excluding hydrogens is 376 g/mol. The van der Waals surface area contributed by atoms with Gasteiger partial charge < -0.3 is 0 Å². The monoisotopic (exact) mass is 410 g/mol. The van der Waals surface area contributed by atoms with E-state index in [0.29, 0.717) is 0 Å². The van der Waals surface area contributed by atoms with E-state index >= 15 is 0 Å². The van der Waals surface area contributed by atoms with Crippen LogP contribution in [0.5, 0.6) is 0 Å². The normalized spacial score (nSPS) is 19.3. The van der Waals surface area contributed by atoms with Gasteiger partial charge in [-0.1, -0.05) is 74.9 Å². The Morgan fingerprint density at radius 2 is 0.643 bits per heavy atom. The van der Waals surface area contributed by atoms with Gasteiger partial charge in [0.15, 0.2) is 0 Å². The van der Waals surface area contributed by atoms with E-state index in [2.05, 4.69) is 59.9 Å². The quantitative estimate of drug-likeness (QED) is 0.430. The smallest absolute Gasteiger partial charge is 0.0188 e. The van der Waals surface area contributed by atoms with E-state index in [4.69, 9.17) is 0 Å². The molecule has 0 fully saturated rings. The van der Waals surface area contributed by atoms with Crippen molar-refractivity contribution in [1.82, 2.24) is 0 Å². The summed E-state index contributed by atoms with van der Waals surface area (Å²) < 4.78 is 0. The zero-order valence-electron chi connectivity index (χ0n) is 17.2. The lowest BCUT2D eigenvalue weighted by atomic mass is 10.00. The van der Waals surface area contributed by atoms with Gasteiger partial charge in [-0.15, -0.1) is 0 Å². The summed E-state index contributed by atoms with van der Waals surface area (Å²) in [7, 11) is 0. The topological polar surface area (TPSA) is 0 Å². The molecular formula is C26H34S2. The molecule has 2 aromatic rings. The molecule has 28 heavy (non-hydrogen) atoms. The van der Waals surface area contributed by atoms with E-state index in [1.54, 1.807) is 11.1 Å². The first-order valence-electron chi connectivity index (χ1n) is 11.2. The third-order valence-electron chi connectivity index (χ3n) is 5.98. The van der Waals surface area contributed by atoms with E-state index in [1.165, 1.54) is 86.5 Å². The summed E-state index contributed by atoms with van der Waals surface area (Å²) >= 11 is 4.18. The van der Waals surface area contributed by atoms with Crippen LogP contribution >= 0.6 is 23.5 Å². The lowest BCUT2D eigenvalue weighted by Gasteiger charge is -2.14. The maximum absolute atomic E-state index is 2.49. The molecule has 150 valence electrons. The van der Waals surface area contributed by atoms with E-state index < -0.39 is 0 Å². The summed E-state index contributed by atoms with van der Waals surface area (Å²) in [6.07, 6.45) is 13.7. The first-order valence-corrected chi connectivity index (χ1v) is 13.5. The van der Waals surface area contributed by atoms with Crippen molar-refractivity contribution in [3.8, 4) is 0 Å². The van der Waals surface area contributed by atoms with Crippen LogP contribution in [0.25, 0.3) is 0 Å². The van der Waals surface area contributed by atoms with Crippen LogP contribution in [0, 0.1) is 0 Å². The average molecular weight is 411 g/mol. The molecule has 0 nitrogen and oxygen atoms in total. The molecule has 5 rings (SSSR count). The predicted octanol–water partition coefficient (Wildman–Crippen LogP) is 8.09.